The predicted octanol–water partition coefficient (Wildman–Crippen LogP) is 2.28. The van der Waals surface area contributed by atoms with Crippen LogP contribution in [-0.4, -0.2) is 23.8 Å². The van der Waals surface area contributed by atoms with E-state index in [1.165, 1.54) is 0 Å². The molecule has 0 fully saturated rings. The highest BCUT2D eigenvalue weighted by Crippen LogP contribution is 2.21. The minimum Gasteiger partial charge on any atom is -0.479 e. The minimum absolute atomic E-state index is 0.136. The van der Waals surface area contributed by atoms with Gasteiger partial charge in [0.15, 0.2) is 6.10 Å². The van der Waals surface area contributed by atoms with Crippen molar-refractivity contribution >= 4 is 5.97 Å². The molecule has 0 saturated carbocycles. The zero-order chi connectivity index (χ0) is 11.3. The van der Waals surface area contributed by atoms with Crippen LogP contribution < -0.4 is 0 Å². The van der Waals surface area contributed by atoms with E-state index in [1.54, 1.807) is 6.92 Å². The van der Waals surface area contributed by atoms with Gasteiger partial charge in [-0.2, -0.15) is 0 Å². The van der Waals surface area contributed by atoms with Gasteiger partial charge in [-0.1, -0.05) is 37.3 Å². The third-order valence-corrected chi connectivity index (χ3v) is 2.37. The number of rotatable bonds is 5. The number of carboxylic acids is 1. The fraction of sp³-hybridized carbons (Fsp3) is 0.417. The van der Waals surface area contributed by atoms with Crippen molar-refractivity contribution in [3.63, 3.8) is 0 Å². The summed E-state index contributed by atoms with van der Waals surface area (Å²) in [5.41, 5.74) is 0.985. The molecule has 0 amide bonds. The minimum atomic E-state index is -0.909. The van der Waals surface area contributed by atoms with Gasteiger partial charge in [-0.3, -0.25) is 0 Å². The molecule has 0 aliphatic rings. The van der Waals surface area contributed by atoms with Crippen LogP contribution in [0.5, 0.6) is 0 Å². The van der Waals surface area contributed by atoms with Crippen LogP contribution in [0.4, 0.5) is 0 Å². The fourth-order valence-corrected chi connectivity index (χ4v) is 1.54. The number of carboxylic acid groups (broad SMARTS) is 1. The number of hydrogen-bond donors (Lipinski definition) is 1. The van der Waals surface area contributed by atoms with Gasteiger partial charge in [0.1, 0.15) is 0 Å². The van der Waals surface area contributed by atoms with E-state index >= 15 is 0 Å². The van der Waals surface area contributed by atoms with E-state index in [0.29, 0.717) is 6.61 Å². The molecule has 1 aromatic carbocycles. The molecule has 0 spiro atoms. The summed E-state index contributed by atoms with van der Waals surface area (Å²) in [5, 5.41) is 9.01. The molecule has 3 heteroatoms. The summed E-state index contributed by atoms with van der Waals surface area (Å²) in [4.78, 5) is 11.0. The van der Waals surface area contributed by atoms with Crippen LogP contribution in [0.15, 0.2) is 30.3 Å². The largest absolute Gasteiger partial charge is 0.479 e. The first-order valence-electron chi connectivity index (χ1n) is 5.06. The van der Waals surface area contributed by atoms with Gasteiger partial charge in [-0.05, 0) is 12.5 Å². The Morgan fingerprint density at radius 3 is 2.47 bits per heavy atom. The van der Waals surface area contributed by atoms with Crippen molar-refractivity contribution in [2.24, 2.45) is 0 Å². The number of benzene rings is 1. The van der Waals surface area contributed by atoms with Crippen molar-refractivity contribution in [1.29, 1.82) is 0 Å². The molecule has 0 aromatic heterocycles. The Morgan fingerprint density at radius 1 is 1.40 bits per heavy atom. The molecule has 0 saturated heterocycles. The molecule has 1 aromatic rings. The maximum absolute atomic E-state index is 11.0. The molecule has 0 radical (unpaired) electrons. The second-order valence-electron chi connectivity index (χ2n) is 3.41. The van der Waals surface area contributed by atoms with Gasteiger partial charge < -0.3 is 9.84 Å². The average Bonchev–Trinajstić information content (AvgIpc) is 2.26. The quantitative estimate of drug-likeness (QED) is 0.807. The van der Waals surface area contributed by atoms with Crippen LogP contribution in [0.3, 0.4) is 0 Å². The normalized spacial score (nSPS) is 14.5. The smallest absolute Gasteiger partial charge is 0.333 e. The number of hydrogen-bond acceptors (Lipinski definition) is 2. The van der Waals surface area contributed by atoms with E-state index in [1.807, 2.05) is 37.3 Å². The molecule has 1 N–H and O–H groups in total. The molecule has 2 atom stereocenters. The molecule has 15 heavy (non-hydrogen) atoms. The zero-order valence-electron chi connectivity index (χ0n) is 9.01. The lowest BCUT2D eigenvalue weighted by Gasteiger charge is -2.20. The topological polar surface area (TPSA) is 46.5 Å². The lowest BCUT2D eigenvalue weighted by Crippen LogP contribution is -2.29. The van der Waals surface area contributed by atoms with Gasteiger partial charge in [0.25, 0.3) is 0 Å². The van der Waals surface area contributed by atoms with Crippen LogP contribution in [-0.2, 0) is 9.53 Å². The highest BCUT2D eigenvalue weighted by Gasteiger charge is 2.25. The van der Waals surface area contributed by atoms with E-state index in [-0.39, 0.29) is 5.92 Å². The monoisotopic (exact) mass is 208 g/mol. The summed E-state index contributed by atoms with van der Waals surface area (Å²) in [6.07, 6.45) is -0.766. The fourth-order valence-electron chi connectivity index (χ4n) is 1.54. The molecule has 3 nitrogen and oxygen atoms in total. The van der Waals surface area contributed by atoms with Crippen LogP contribution in [0.2, 0.25) is 0 Å². The lowest BCUT2D eigenvalue weighted by atomic mass is 9.95. The van der Waals surface area contributed by atoms with Crippen LogP contribution >= 0.6 is 0 Å². The van der Waals surface area contributed by atoms with Crippen LogP contribution in [0.25, 0.3) is 0 Å². The first-order chi connectivity index (χ1) is 7.16. The van der Waals surface area contributed by atoms with E-state index in [2.05, 4.69) is 0 Å². The predicted molar refractivity (Wildman–Crippen MR) is 57.9 cm³/mol. The van der Waals surface area contributed by atoms with Crippen molar-refractivity contribution < 1.29 is 14.6 Å². The maximum Gasteiger partial charge on any atom is 0.333 e. The molecule has 82 valence electrons. The second-order valence-corrected chi connectivity index (χ2v) is 3.41. The van der Waals surface area contributed by atoms with Gasteiger partial charge in [0, 0.05) is 12.5 Å². The average molecular weight is 208 g/mol. The second kappa shape index (κ2) is 5.51. The molecule has 0 heterocycles. The molecular formula is C12H16O3. The molecular weight excluding hydrogens is 192 g/mol. The zero-order valence-corrected chi connectivity index (χ0v) is 9.01. The molecule has 0 bridgehead atoms. The summed E-state index contributed by atoms with van der Waals surface area (Å²) in [6, 6.07) is 9.54. The summed E-state index contributed by atoms with van der Waals surface area (Å²) >= 11 is 0. The van der Waals surface area contributed by atoms with E-state index < -0.39 is 12.1 Å². The molecule has 0 aliphatic carbocycles. The van der Waals surface area contributed by atoms with Gasteiger partial charge in [0.2, 0.25) is 0 Å². The van der Waals surface area contributed by atoms with Gasteiger partial charge in [-0.15, -0.1) is 0 Å². The SMILES string of the molecule is CCOC(C(=O)O)C(C)c1ccccc1. The maximum atomic E-state index is 11.0. The Hall–Kier alpha value is -1.35. The van der Waals surface area contributed by atoms with E-state index in [9.17, 15) is 4.79 Å². The molecule has 2 unspecified atom stereocenters. The van der Waals surface area contributed by atoms with Gasteiger partial charge in [-0.25, -0.2) is 4.79 Å². The van der Waals surface area contributed by atoms with Gasteiger partial charge in [0.05, 0.1) is 0 Å². The lowest BCUT2D eigenvalue weighted by molar-refractivity contribution is -0.151. The van der Waals surface area contributed by atoms with E-state index in [0.717, 1.165) is 5.56 Å². The number of aliphatic carboxylic acids is 1. The molecule has 0 aliphatic heterocycles. The first kappa shape index (κ1) is 11.7. The van der Waals surface area contributed by atoms with Crippen LogP contribution in [0.1, 0.15) is 25.3 Å². The van der Waals surface area contributed by atoms with Crippen LogP contribution in [0, 0.1) is 0 Å². The van der Waals surface area contributed by atoms with Crippen molar-refractivity contribution in [3.05, 3.63) is 35.9 Å². The Labute approximate surface area is 89.7 Å². The third kappa shape index (κ3) is 3.06. The summed E-state index contributed by atoms with van der Waals surface area (Å²) in [7, 11) is 0. The molecule has 1 rings (SSSR count). The summed E-state index contributed by atoms with van der Waals surface area (Å²) in [6.45, 7) is 4.07. The van der Waals surface area contributed by atoms with Crippen molar-refractivity contribution in [2.45, 2.75) is 25.9 Å². The number of ether oxygens (including phenoxy) is 1. The van der Waals surface area contributed by atoms with Crippen molar-refractivity contribution in [3.8, 4) is 0 Å². The van der Waals surface area contributed by atoms with Crippen molar-refractivity contribution in [2.75, 3.05) is 6.61 Å². The number of carbonyl (C=O) groups is 1. The standard InChI is InChI=1S/C12H16O3/c1-3-15-11(12(13)14)9(2)10-7-5-4-6-8-10/h4-9,11H,3H2,1-2H3,(H,13,14). The Kier molecular flexibility index (Phi) is 4.31. The first-order valence-corrected chi connectivity index (χ1v) is 5.06. The third-order valence-electron chi connectivity index (χ3n) is 2.37. The van der Waals surface area contributed by atoms with E-state index in [4.69, 9.17) is 9.84 Å². The van der Waals surface area contributed by atoms with Crippen molar-refractivity contribution in [1.82, 2.24) is 0 Å². The van der Waals surface area contributed by atoms with Gasteiger partial charge >= 0.3 is 5.97 Å². The summed E-state index contributed by atoms with van der Waals surface area (Å²) < 4.78 is 5.22. The highest BCUT2D eigenvalue weighted by atomic mass is 16.5. The Morgan fingerprint density at radius 2 is 2.00 bits per heavy atom. The highest BCUT2D eigenvalue weighted by molar-refractivity contribution is 5.73. The Bertz CT molecular complexity index is 308. The summed E-state index contributed by atoms with van der Waals surface area (Å²) in [5.74, 6) is -1.04. The Balaban J connectivity index is 2.81.